The van der Waals surface area contributed by atoms with Crippen LogP contribution in [0.15, 0.2) is 18.2 Å². The number of carbonyl (C=O) groups is 2. The van der Waals surface area contributed by atoms with E-state index in [-0.39, 0.29) is 23.8 Å². The van der Waals surface area contributed by atoms with Crippen LogP contribution in [0.4, 0.5) is 5.69 Å². The van der Waals surface area contributed by atoms with Crippen LogP contribution in [0.3, 0.4) is 0 Å². The Kier molecular flexibility index (Phi) is 5.84. The number of rotatable bonds is 4. The molecule has 20 heavy (non-hydrogen) atoms. The Morgan fingerprint density at radius 3 is 2.45 bits per heavy atom. The van der Waals surface area contributed by atoms with Crippen molar-refractivity contribution in [2.75, 3.05) is 5.32 Å². The smallest absolute Gasteiger partial charge is 0.306 e. The van der Waals surface area contributed by atoms with Crippen molar-refractivity contribution in [3.8, 4) is 0 Å². The van der Waals surface area contributed by atoms with Crippen molar-refractivity contribution in [1.82, 2.24) is 0 Å². The van der Waals surface area contributed by atoms with Gasteiger partial charge in [-0.15, -0.1) is 0 Å². The second kappa shape index (κ2) is 6.95. The minimum Gasteiger partial charge on any atom is -0.460 e. The average molecular weight is 318 g/mol. The van der Waals surface area contributed by atoms with Crippen LogP contribution in [0.25, 0.3) is 0 Å². The average Bonchev–Trinajstić information content (AvgIpc) is 2.30. The van der Waals surface area contributed by atoms with E-state index in [0.717, 1.165) is 0 Å². The quantitative estimate of drug-likeness (QED) is 0.852. The van der Waals surface area contributed by atoms with E-state index >= 15 is 0 Å². The molecule has 0 aliphatic rings. The molecule has 0 saturated carbocycles. The normalized spacial score (nSPS) is 11.1. The first-order chi connectivity index (χ1) is 9.19. The summed E-state index contributed by atoms with van der Waals surface area (Å²) in [6.07, 6.45) is 0.0407. The Bertz CT molecular complexity index is 510. The largest absolute Gasteiger partial charge is 0.460 e. The monoisotopic (exact) mass is 317 g/mol. The first kappa shape index (κ1) is 16.8. The van der Waals surface area contributed by atoms with Crippen LogP contribution < -0.4 is 5.32 Å². The van der Waals surface area contributed by atoms with E-state index < -0.39 is 11.6 Å². The van der Waals surface area contributed by atoms with Gasteiger partial charge in [0.25, 0.3) is 0 Å². The second-order valence-electron chi connectivity index (χ2n) is 5.24. The lowest BCUT2D eigenvalue weighted by molar-refractivity contribution is -0.155. The van der Waals surface area contributed by atoms with Gasteiger partial charge in [0.15, 0.2) is 0 Å². The van der Waals surface area contributed by atoms with E-state index in [2.05, 4.69) is 5.32 Å². The highest BCUT2D eigenvalue weighted by molar-refractivity contribution is 6.43. The van der Waals surface area contributed by atoms with Crippen molar-refractivity contribution >= 4 is 40.8 Å². The highest BCUT2D eigenvalue weighted by Crippen LogP contribution is 2.29. The number of hydrogen-bond acceptors (Lipinski definition) is 3. The van der Waals surface area contributed by atoms with Gasteiger partial charge < -0.3 is 10.1 Å². The van der Waals surface area contributed by atoms with Crippen molar-refractivity contribution in [2.45, 2.75) is 39.2 Å². The highest BCUT2D eigenvalue weighted by Gasteiger charge is 2.17. The van der Waals surface area contributed by atoms with Gasteiger partial charge in [-0.1, -0.05) is 29.3 Å². The van der Waals surface area contributed by atoms with Gasteiger partial charge in [0.1, 0.15) is 5.60 Å². The summed E-state index contributed by atoms with van der Waals surface area (Å²) < 4.78 is 5.12. The Morgan fingerprint density at radius 2 is 1.85 bits per heavy atom. The molecule has 0 saturated heterocycles. The molecule has 1 aromatic rings. The van der Waals surface area contributed by atoms with E-state index in [1.54, 1.807) is 39.0 Å². The molecule has 0 aliphatic heterocycles. The fourth-order valence-electron chi connectivity index (χ4n) is 1.42. The third kappa shape index (κ3) is 5.80. The molecule has 0 fully saturated rings. The van der Waals surface area contributed by atoms with Gasteiger partial charge in [0.05, 0.1) is 22.2 Å². The minimum atomic E-state index is -0.552. The number of benzene rings is 1. The maximum absolute atomic E-state index is 11.7. The molecule has 0 aliphatic carbocycles. The molecule has 6 heteroatoms. The molecule has 0 aromatic heterocycles. The molecule has 0 bridgehead atoms. The van der Waals surface area contributed by atoms with Crippen LogP contribution in [-0.4, -0.2) is 17.5 Å². The molecule has 0 spiro atoms. The third-order valence-electron chi connectivity index (χ3n) is 2.20. The lowest BCUT2D eigenvalue weighted by Crippen LogP contribution is -2.24. The fraction of sp³-hybridized carbons (Fsp3) is 0.429. The predicted octanol–water partition coefficient (Wildman–Crippen LogP) is 4.05. The molecule has 1 N–H and O–H groups in total. The summed E-state index contributed by atoms with van der Waals surface area (Å²) in [5, 5.41) is 3.24. The topological polar surface area (TPSA) is 55.4 Å². The number of esters is 1. The van der Waals surface area contributed by atoms with E-state index in [1.807, 2.05) is 0 Å². The zero-order chi connectivity index (χ0) is 15.3. The predicted molar refractivity (Wildman–Crippen MR) is 80.2 cm³/mol. The molecule has 1 amide bonds. The molecular formula is C14H17Cl2NO3. The van der Waals surface area contributed by atoms with Crippen LogP contribution >= 0.6 is 23.2 Å². The van der Waals surface area contributed by atoms with Gasteiger partial charge in [-0.25, -0.2) is 0 Å². The Balaban J connectivity index is 2.49. The molecule has 0 unspecified atom stereocenters. The lowest BCUT2D eigenvalue weighted by Gasteiger charge is -2.19. The van der Waals surface area contributed by atoms with Crippen LogP contribution in [0.2, 0.25) is 10.0 Å². The molecule has 110 valence electrons. The van der Waals surface area contributed by atoms with Crippen LogP contribution in [0, 0.1) is 0 Å². The lowest BCUT2D eigenvalue weighted by atomic mass is 10.2. The SMILES string of the molecule is CC(C)(C)OC(=O)CCC(=O)Nc1cccc(Cl)c1Cl. The van der Waals surface area contributed by atoms with Gasteiger partial charge in [0, 0.05) is 6.42 Å². The van der Waals surface area contributed by atoms with E-state index in [1.165, 1.54) is 0 Å². The van der Waals surface area contributed by atoms with Gasteiger partial charge in [-0.2, -0.15) is 0 Å². The summed E-state index contributed by atoms with van der Waals surface area (Å²) >= 11 is 11.8. The summed E-state index contributed by atoms with van der Waals surface area (Å²) in [6.45, 7) is 5.32. The molecular weight excluding hydrogens is 301 g/mol. The van der Waals surface area contributed by atoms with E-state index in [0.29, 0.717) is 10.7 Å². The first-order valence-electron chi connectivity index (χ1n) is 6.15. The third-order valence-corrected chi connectivity index (χ3v) is 3.02. The van der Waals surface area contributed by atoms with Gasteiger partial charge in [-0.05, 0) is 32.9 Å². The standard InChI is InChI=1S/C14H17Cl2NO3/c1-14(2,3)20-12(19)8-7-11(18)17-10-6-4-5-9(15)13(10)16/h4-6H,7-8H2,1-3H3,(H,17,18). The molecule has 0 radical (unpaired) electrons. The molecule has 0 heterocycles. The number of halogens is 2. The van der Waals surface area contributed by atoms with Gasteiger partial charge >= 0.3 is 5.97 Å². The van der Waals surface area contributed by atoms with Gasteiger partial charge in [0.2, 0.25) is 5.91 Å². The number of carbonyl (C=O) groups excluding carboxylic acids is 2. The maximum Gasteiger partial charge on any atom is 0.306 e. The van der Waals surface area contributed by atoms with Crippen LogP contribution in [0.5, 0.6) is 0 Å². The van der Waals surface area contributed by atoms with Crippen molar-refractivity contribution in [2.24, 2.45) is 0 Å². The van der Waals surface area contributed by atoms with E-state index in [4.69, 9.17) is 27.9 Å². The first-order valence-corrected chi connectivity index (χ1v) is 6.90. The number of nitrogens with one attached hydrogen (secondary N) is 1. The summed E-state index contributed by atoms with van der Waals surface area (Å²) in [5.41, 5.74) is -0.127. The number of anilines is 1. The maximum atomic E-state index is 11.7. The Labute approximate surface area is 128 Å². The Morgan fingerprint density at radius 1 is 1.20 bits per heavy atom. The molecule has 1 rings (SSSR count). The second-order valence-corrected chi connectivity index (χ2v) is 6.02. The summed E-state index contributed by atoms with van der Waals surface area (Å²) in [4.78, 5) is 23.2. The Hall–Kier alpha value is -1.26. The summed E-state index contributed by atoms with van der Waals surface area (Å²) in [6, 6.07) is 4.94. The molecule has 4 nitrogen and oxygen atoms in total. The van der Waals surface area contributed by atoms with Crippen molar-refractivity contribution in [1.29, 1.82) is 0 Å². The van der Waals surface area contributed by atoms with Crippen molar-refractivity contribution < 1.29 is 14.3 Å². The number of hydrogen-bond donors (Lipinski definition) is 1. The highest BCUT2D eigenvalue weighted by atomic mass is 35.5. The van der Waals surface area contributed by atoms with Crippen LogP contribution in [-0.2, 0) is 14.3 Å². The van der Waals surface area contributed by atoms with Crippen molar-refractivity contribution in [3.05, 3.63) is 28.2 Å². The summed E-state index contributed by atoms with van der Waals surface area (Å²) in [5.74, 6) is -0.732. The zero-order valence-electron chi connectivity index (χ0n) is 11.6. The minimum absolute atomic E-state index is 0.0152. The van der Waals surface area contributed by atoms with E-state index in [9.17, 15) is 9.59 Å². The van der Waals surface area contributed by atoms with Gasteiger partial charge in [-0.3, -0.25) is 9.59 Å². The number of ether oxygens (including phenoxy) is 1. The summed E-state index contributed by atoms with van der Waals surface area (Å²) in [7, 11) is 0. The molecule has 0 atom stereocenters. The van der Waals surface area contributed by atoms with Crippen LogP contribution in [0.1, 0.15) is 33.6 Å². The van der Waals surface area contributed by atoms with Crippen molar-refractivity contribution in [3.63, 3.8) is 0 Å². The number of amides is 1. The zero-order valence-corrected chi connectivity index (χ0v) is 13.1. The fourth-order valence-corrected chi connectivity index (χ4v) is 1.77. The molecule has 1 aromatic carbocycles.